The summed E-state index contributed by atoms with van der Waals surface area (Å²) in [6.45, 7) is 5.75. The molecular formula is C34H53N5O6. The number of unbranched alkanes of at least 4 members (excludes halogenated alkanes) is 1. The molecule has 1 aliphatic rings. The number of hydrogen-bond donors (Lipinski definition) is 2. The average molecular weight is 628 g/mol. The number of amides is 4. The highest BCUT2D eigenvalue weighted by Gasteiger charge is 2.22. The predicted octanol–water partition coefficient (Wildman–Crippen LogP) is 4.17. The maximum Gasteiger partial charge on any atom is 0.317 e. The van der Waals surface area contributed by atoms with Gasteiger partial charge >= 0.3 is 6.03 Å². The number of nitrogens with zero attached hydrogens (tertiary/aromatic N) is 3. The molecule has 0 aliphatic heterocycles. The Labute approximate surface area is 268 Å². The van der Waals surface area contributed by atoms with Gasteiger partial charge in [0, 0.05) is 82.9 Å². The first-order valence-corrected chi connectivity index (χ1v) is 16.1. The van der Waals surface area contributed by atoms with Crippen molar-refractivity contribution in [1.82, 2.24) is 20.4 Å². The van der Waals surface area contributed by atoms with Gasteiger partial charge in [0.2, 0.25) is 11.8 Å². The largest absolute Gasteiger partial charge is 0.391 e. The monoisotopic (exact) mass is 627 g/mol. The Balaban J connectivity index is 1.64. The van der Waals surface area contributed by atoms with Gasteiger partial charge in [0.15, 0.2) is 5.78 Å². The zero-order valence-electron chi connectivity index (χ0n) is 28.1. The van der Waals surface area contributed by atoms with E-state index >= 15 is 0 Å². The van der Waals surface area contributed by atoms with Crippen LogP contribution in [0.2, 0.25) is 0 Å². The van der Waals surface area contributed by atoms with Gasteiger partial charge in [-0.1, -0.05) is 13.3 Å². The molecule has 1 unspecified atom stereocenters. The second kappa shape index (κ2) is 19.6. The van der Waals surface area contributed by atoms with Gasteiger partial charge in [0.05, 0.1) is 6.61 Å². The number of nitrogens with one attached hydrogen (secondary N) is 2. The fraction of sp³-hybridized carbons (Fsp3) is 0.618. The van der Waals surface area contributed by atoms with Crippen LogP contribution in [0, 0.1) is 5.92 Å². The Hall–Kier alpha value is -3.73. The lowest BCUT2D eigenvalue weighted by Gasteiger charge is -2.21. The number of urea groups is 1. The Bertz CT molecular complexity index is 1180. The third-order valence-corrected chi connectivity index (χ3v) is 8.40. The van der Waals surface area contributed by atoms with Crippen molar-refractivity contribution >= 4 is 35.1 Å². The standard InChI is InChI=1S/C34H53N5O6/c1-25(26(2)40)12-9-10-19-36-34(44)38(5)20-11-22-45-23-21-37(4)31(41)24-32(42)39(6)28-17-15-27(16-18-28)33(43)29-13-7-8-14-30(29)35-3/h15-18,25,35H,7-14,19-24H2,1-6H3,(H,36,44). The summed E-state index contributed by atoms with van der Waals surface area (Å²) in [5, 5.41) is 6.05. The maximum atomic E-state index is 13.0. The van der Waals surface area contributed by atoms with Crippen LogP contribution in [0.5, 0.6) is 0 Å². The number of ketones is 2. The highest BCUT2D eigenvalue weighted by molar-refractivity contribution is 6.10. The van der Waals surface area contributed by atoms with Crippen molar-refractivity contribution in [3.05, 3.63) is 41.1 Å². The molecule has 1 aromatic carbocycles. The molecule has 1 atom stereocenters. The highest BCUT2D eigenvalue weighted by atomic mass is 16.5. The number of hydrogen-bond acceptors (Lipinski definition) is 7. The summed E-state index contributed by atoms with van der Waals surface area (Å²) >= 11 is 0. The van der Waals surface area contributed by atoms with Crippen molar-refractivity contribution in [2.24, 2.45) is 5.92 Å². The van der Waals surface area contributed by atoms with Gasteiger partial charge in [-0.3, -0.25) is 19.2 Å². The van der Waals surface area contributed by atoms with Crippen LogP contribution in [0.3, 0.4) is 0 Å². The normalized spacial score (nSPS) is 13.6. The van der Waals surface area contributed by atoms with Gasteiger partial charge in [-0.15, -0.1) is 0 Å². The second-order valence-corrected chi connectivity index (χ2v) is 11.9. The summed E-state index contributed by atoms with van der Waals surface area (Å²) in [5.74, 6) is -0.377. The van der Waals surface area contributed by atoms with Gasteiger partial charge in [0.25, 0.3) is 0 Å². The first-order valence-electron chi connectivity index (χ1n) is 16.1. The van der Waals surface area contributed by atoms with Crippen molar-refractivity contribution in [3.63, 3.8) is 0 Å². The molecule has 0 saturated carbocycles. The van der Waals surface area contributed by atoms with Crippen LogP contribution in [-0.2, 0) is 19.1 Å². The molecule has 45 heavy (non-hydrogen) atoms. The predicted molar refractivity (Wildman–Crippen MR) is 176 cm³/mol. The summed E-state index contributed by atoms with van der Waals surface area (Å²) in [5.41, 5.74) is 3.02. The molecule has 1 aromatic rings. The third-order valence-electron chi connectivity index (χ3n) is 8.40. The summed E-state index contributed by atoms with van der Waals surface area (Å²) in [7, 11) is 6.83. The number of ether oxygens (including phenoxy) is 1. The molecule has 2 N–H and O–H groups in total. The number of anilines is 1. The van der Waals surface area contributed by atoms with E-state index in [2.05, 4.69) is 10.6 Å². The fourth-order valence-electron chi connectivity index (χ4n) is 5.01. The molecule has 0 fully saturated rings. The van der Waals surface area contributed by atoms with E-state index in [9.17, 15) is 24.0 Å². The molecule has 0 heterocycles. The molecule has 0 bridgehead atoms. The average Bonchev–Trinajstić information content (AvgIpc) is 3.04. The number of benzene rings is 1. The first-order chi connectivity index (χ1) is 21.5. The van der Waals surface area contributed by atoms with E-state index in [0.29, 0.717) is 50.5 Å². The van der Waals surface area contributed by atoms with Gasteiger partial charge in [-0.25, -0.2) is 4.79 Å². The minimum atomic E-state index is -0.341. The smallest absolute Gasteiger partial charge is 0.317 e. The van der Waals surface area contributed by atoms with E-state index in [1.807, 2.05) is 14.0 Å². The van der Waals surface area contributed by atoms with Gasteiger partial charge < -0.3 is 30.1 Å². The van der Waals surface area contributed by atoms with E-state index in [-0.39, 0.29) is 41.8 Å². The van der Waals surface area contributed by atoms with Crippen LogP contribution in [-0.4, -0.2) is 100 Å². The molecule has 0 spiro atoms. The van der Waals surface area contributed by atoms with E-state index in [1.54, 1.807) is 57.2 Å². The minimum absolute atomic E-state index is 0.00976. The van der Waals surface area contributed by atoms with Gasteiger partial charge in [-0.2, -0.15) is 0 Å². The van der Waals surface area contributed by atoms with E-state index in [1.165, 1.54) is 9.80 Å². The number of rotatable bonds is 19. The summed E-state index contributed by atoms with van der Waals surface area (Å²) in [4.78, 5) is 66.5. The van der Waals surface area contributed by atoms with Crippen LogP contribution in [0.1, 0.15) is 82.0 Å². The van der Waals surface area contributed by atoms with Crippen LogP contribution in [0.15, 0.2) is 35.5 Å². The number of allylic oxidation sites excluding steroid dienone is 2. The van der Waals surface area contributed by atoms with E-state index in [0.717, 1.165) is 56.2 Å². The first kappa shape index (κ1) is 37.5. The summed E-state index contributed by atoms with van der Waals surface area (Å²) in [6.07, 6.45) is 6.66. The summed E-state index contributed by atoms with van der Waals surface area (Å²) in [6, 6.07) is 6.78. The fourth-order valence-corrected chi connectivity index (χ4v) is 5.01. The Morgan fingerprint density at radius 3 is 2.22 bits per heavy atom. The van der Waals surface area contributed by atoms with Crippen molar-refractivity contribution in [3.8, 4) is 0 Å². The molecule has 1 aliphatic carbocycles. The van der Waals surface area contributed by atoms with Crippen molar-refractivity contribution in [2.75, 3.05) is 65.9 Å². The van der Waals surface area contributed by atoms with Crippen molar-refractivity contribution in [1.29, 1.82) is 0 Å². The van der Waals surface area contributed by atoms with E-state index < -0.39 is 0 Å². The number of carbonyl (C=O) groups is 5. The van der Waals surface area contributed by atoms with Crippen LogP contribution < -0.4 is 15.5 Å². The number of carbonyl (C=O) groups excluding carboxylic acids is 5. The Morgan fingerprint density at radius 2 is 1.56 bits per heavy atom. The van der Waals surface area contributed by atoms with Crippen molar-refractivity contribution < 1.29 is 28.7 Å². The lowest BCUT2D eigenvalue weighted by Crippen LogP contribution is -2.38. The molecular weight excluding hydrogens is 574 g/mol. The molecule has 250 valence electrons. The number of Topliss-reactive ketones (excluding diaryl/α,β-unsaturated/α-hetero) is 2. The zero-order chi connectivity index (χ0) is 33.4. The second-order valence-electron chi connectivity index (χ2n) is 11.9. The molecule has 11 heteroatoms. The van der Waals surface area contributed by atoms with Crippen LogP contribution in [0.25, 0.3) is 0 Å². The SMILES string of the molecule is CNC1=C(C(=O)c2ccc(N(C)C(=O)CC(=O)N(C)CCOCCCN(C)C(=O)NCCCCC(C)C(C)=O)cc2)CCCC1. The minimum Gasteiger partial charge on any atom is -0.391 e. The van der Waals surface area contributed by atoms with Crippen LogP contribution in [0.4, 0.5) is 10.5 Å². The Kier molecular flexibility index (Phi) is 16.3. The van der Waals surface area contributed by atoms with Crippen molar-refractivity contribution in [2.45, 2.75) is 71.6 Å². The third kappa shape index (κ3) is 12.7. The molecule has 0 aromatic heterocycles. The number of likely N-dealkylation sites (N-methyl/N-ethyl adjacent to an activating group) is 1. The molecule has 2 rings (SSSR count). The molecule has 0 saturated heterocycles. The van der Waals surface area contributed by atoms with Gasteiger partial charge in [0.1, 0.15) is 12.2 Å². The van der Waals surface area contributed by atoms with Crippen LogP contribution >= 0.6 is 0 Å². The lowest BCUT2D eigenvalue weighted by atomic mass is 9.90. The molecule has 4 amide bonds. The van der Waals surface area contributed by atoms with Gasteiger partial charge in [-0.05, 0) is 76.1 Å². The Morgan fingerprint density at radius 1 is 0.867 bits per heavy atom. The zero-order valence-corrected chi connectivity index (χ0v) is 28.1. The molecule has 0 radical (unpaired) electrons. The topological polar surface area (TPSA) is 128 Å². The maximum absolute atomic E-state index is 13.0. The summed E-state index contributed by atoms with van der Waals surface area (Å²) < 4.78 is 5.64. The lowest BCUT2D eigenvalue weighted by molar-refractivity contribution is -0.134. The van der Waals surface area contributed by atoms with E-state index in [4.69, 9.17) is 4.74 Å². The molecule has 11 nitrogen and oxygen atoms in total. The quantitative estimate of drug-likeness (QED) is 0.134. The highest BCUT2D eigenvalue weighted by Crippen LogP contribution is 2.26.